The third-order valence-corrected chi connectivity index (χ3v) is 3.04. The lowest BCUT2D eigenvalue weighted by Gasteiger charge is -2.02. The van der Waals surface area contributed by atoms with Gasteiger partial charge in [0.1, 0.15) is 5.69 Å². The highest BCUT2D eigenvalue weighted by molar-refractivity contribution is 6.09. The van der Waals surface area contributed by atoms with E-state index in [0.717, 1.165) is 10.9 Å². The largest absolute Gasteiger partial charge is 0.453 e. The minimum Gasteiger partial charge on any atom is -0.453 e. The summed E-state index contributed by atoms with van der Waals surface area (Å²) < 4.78 is 4.99. The van der Waals surface area contributed by atoms with Crippen LogP contribution < -0.4 is 0 Å². The molecule has 0 radical (unpaired) electrons. The predicted octanol–water partition coefficient (Wildman–Crippen LogP) is 2.54. The van der Waals surface area contributed by atoms with Gasteiger partial charge in [-0.15, -0.1) is 0 Å². The first-order valence-corrected chi connectivity index (χ1v) is 6.15. The first-order valence-electron chi connectivity index (χ1n) is 6.15. The molecule has 100 valence electrons. The molecule has 0 amide bonds. The number of fused-ring (bicyclic) bond motifs is 1. The van der Waals surface area contributed by atoms with Gasteiger partial charge in [-0.3, -0.25) is 4.79 Å². The van der Waals surface area contributed by atoms with Crippen LogP contribution >= 0.6 is 0 Å². The molecular weight excluding hydrogens is 256 g/mol. The summed E-state index contributed by atoms with van der Waals surface area (Å²) in [4.78, 5) is 29.5. The number of para-hydroxylation sites is 1. The van der Waals surface area contributed by atoms with Crippen LogP contribution in [0.4, 0.5) is 0 Å². The van der Waals surface area contributed by atoms with E-state index in [1.165, 1.54) is 0 Å². The molecule has 20 heavy (non-hydrogen) atoms. The zero-order valence-electron chi connectivity index (χ0n) is 10.6. The topological polar surface area (TPSA) is 75.0 Å². The maximum absolute atomic E-state index is 12.1. The molecule has 2 N–H and O–H groups in total. The lowest BCUT2D eigenvalue weighted by atomic mass is 10.1. The minimum atomic E-state index is -0.539. The number of benzene rings is 1. The van der Waals surface area contributed by atoms with Gasteiger partial charge in [0, 0.05) is 28.9 Å². The summed E-state index contributed by atoms with van der Waals surface area (Å²) in [7, 11) is 0. The highest BCUT2D eigenvalue weighted by Gasteiger charge is 2.15. The van der Waals surface area contributed by atoms with Crippen LogP contribution in [-0.2, 0) is 4.74 Å². The van der Waals surface area contributed by atoms with Crippen molar-refractivity contribution in [2.24, 2.45) is 0 Å². The number of ketones is 1. The van der Waals surface area contributed by atoms with Crippen LogP contribution in [0.25, 0.3) is 10.9 Å². The van der Waals surface area contributed by atoms with Crippen molar-refractivity contribution in [3.63, 3.8) is 0 Å². The summed E-state index contributed by atoms with van der Waals surface area (Å²) in [5.41, 5.74) is 1.74. The van der Waals surface area contributed by atoms with Crippen molar-refractivity contribution in [1.82, 2.24) is 9.97 Å². The number of aromatic nitrogens is 2. The normalized spacial score (nSPS) is 10.6. The summed E-state index contributed by atoms with van der Waals surface area (Å²) >= 11 is 0. The first-order chi connectivity index (χ1) is 9.75. The van der Waals surface area contributed by atoms with Crippen molar-refractivity contribution >= 4 is 22.7 Å². The number of carbonyl (C=O) groups is 2. The van der Waals surface area contributed by atoms with Gasteiger partial charge in [-0.1, -0.05) is 18.2 Å². The van der Waals surface area contributed by atoms with Crippen molar-refractivity contribution in [2.45, 2.75) is 0 Å². The summed E-state index contributed by atoms with van der Waals surface area (Å²) in [5, 5.41) is 0.827. The monoisotopic (exact) mass is 268 g/mol. The Balaban J connectivity index is 1.72. The molecule has 0 saturated heterocycles. The number of Topliss-reactive ketones (excluding diaryl/α,β-unsaturated/α-hetero) is 1. The number of hydrogen-bond acceptors (Lipinski definition) is 3. The van der Waals surface area contributed by atoms with Gasteiger partial charge < -0.3 is 14.7 Å². The predicted molar refractivity (Wildman–Crippen MR) is 73.7 cm³/mol. The second-order valence-electron chi connectivity index (χ2n) is 4.33. The van der Waals surface area contributed by atoms with Gasteiger partial charge in [-0.05, 0) is 18.2 Å². The van der Waals surface area contributed by atoms with Crippen LogP contribution in [0.5, 0.6) is 0 Å². The Morgan fingerprint density at radius 2 is 1.90 bits per heavy atom. The molecule has 0 saturated carbocycles. The molecular formula is C15H12N2O3. The Bertz CT molecular complexity index is 756. The van der Waals surface area contributed by atoms with Crippen LogP contribution in [0.1, 0.15) is 20.8 Å². The van der Waals surface area contributed by atoms with Crippen LogP contribution in [0, 0.1) is 0 Å². The Labute approximate surface area is 114 Å². The van der Waals surface area contributed by atoms with Gasteiger partial charge in [0.2, 0.25) is 5.78 Å². The molecule has 2 heterocycles. The highest BCUT2D eigenvalue weighted by atomic mass is 16.5. The second-order valence-corrected chi connectivity index (χ2v) is 4.33. The fourth-order valence-electron chi connectivity index (χ4n) is 2.05. The highest BCUT2D eigenvalue weighted by Crippen LogP contribution is 2.18. The van der Waals surface area contributed by atoms with Gasteiger partial charge in [-0.25, -0.2) is 4.79 Å². The Kier molecular flexibility index (Phi) is 3.09. The third kappa shape index (κ3) is 2.21. The van der Waals surface area contributed by atoms with Crippen molar-refractivity contribution < 1.29 is 14.3 Å². The van der Waals surface area contributed by atoms with Crippen molar-refractivity contribution in [2.75, 3.05) is 6.61 Å². The first kappa shape index (κ1) is 12.2. The van der Waals surface area contributed by atoms with E-state index in [2.05, 4.69) is 9.97 Å². The van der Waals surface area contributed by atoms with Crippen molar-refractivity contribution in [1.29, 1.82) is 0 Å². The molecule has 0 aliphatic carbocycles. The van der Waals surface area contributed by atoms with Crippen LogP contribution in [0.15, 0.2) is 48.8 Å². The minimum absolute atomic E-state index is 0.234. The fourth-order valence-corrected chi connectivity index (χ4v) is 2.05. The summed E-state index contributed by atoms with van der Waals surface area (Å²) in [5.74, 6) is -0.773. The van der Waals surface area contributed by atoms with E-state index in [9.17, 15) is 9.59 Å². The lowest BCUT2D eigenvalue weighted by molar-refractivity contribution is 0.0470. The molecule has 2 aromatic heterocycles. The third-order valence-electron chi connectivity index (χ3n) is 3.04. The van der Waals surface area contributed by atoms with Crippen molar-refractivity contribution in [3.05, 3.63) is 60.0 Å². The SMILES string of the molecule is O=C(OCC(=O)c1c[nH]c2ccccc12)c1ccc[nH]1. The molecule has 0 aliphatic rings. The number of hydrogen-bond donors (Lipinski definition) is 2. The Morgan fingerprint density at radius 1 is 1.05 bits per heavy atom. The zero-order chi connectivity index (χ0) is 13.9. The van der Waals surface area contributed by atoms with Gasteiger partial charge in [0.05, 0.1) is 0 Å². The molecule has 3 aromatic rings. The van der Waals surface area contributed by atoms with Crippen LogP contribution in [0.3, 0.4) is 0 Å². The Hall–Kier alpha value is -2.82. The average Bonchev–Trinajstić information content (AvgIpc) is 3.13. The average molecular weight is 268 g/mol. The van der Waals surface area contributed by atoms with Crippen LogP contribution in [-0.4, -0.2) is 28.3 Å². The molecule has 5 nitrogen and oxygen atoms in total. The maximum Gasteiger partial charge on any atom is 0.355 e. The van der Waals surface area contributed by atoms with E-state index >= 15 is 0 Å². The molecule has 3 rings (SSSR count). The van der Waals surface area contributed by atoms with E-state index in [4.69, 9.17) is 4.74 Å². The van der Waals surface area contributed by atoms with E-state index in [-0.39, 0.29) is 12.4 Å². The molecule has 0 aliphatic heterocycles. The van der Waals surface area contributed by atoms with Gasteiger partial charge >= 0.3 is 5.97 Å². The fraction of sp³-hybridized carbons (Fsp3) is 0.0667. The molecule has 0 unspecified atom stereocenters. The van der Waals surface area contributed by atoms with Crippen molar-refractivity contribution in [3.8, 4) is 0 Å². The maximum atomic E-state index is 12.1. The number of aromatic amines is 2. The van der Waals surface area contributed by atoms with Gasteiger partial charge in [0.25, 0.3) is 0 Å². The number of H-pyrrole nitrogens is 2. The quantitative estimate of drug-likeness (QED) is 0.564. The standard InChI is InChI=1S/C15H12N2O3/c18-14(9-20-15(19)13-6-3-7-16-13)11-8-17-12-5-2-1-4-10(11)12/h1-8,16-17H,9H2. The lowest BCUT2D eigenvalue weighted by Crippen LogP contribution is -2.14. The molecule has 0 fully saturated rings. The Morgan fingerprint density at radius 3 is 2.70 bits per heavy atom. The second kappa shape index (κ2) is 5.05. The molecule has 1 aromatic carbocycles. The van der Waals surface area contributed by atoms with Crippen LogP contribution in [0.2, 0.25) is 0 Å². The number of esters is 1. The number of carbonyl (C=O) groups excluding carboxylic acids is 2. The number of nitrogens with one attached hydrogen (secondary N) is 2. The number of rotatable bonds is 4. The van der Waals surface area contributed by atoms with E-state index in [0.29, 0.717) is 11.3 Å². The summed E-state index contributed by atoms with van der Waals surface area (Å²) in [6, 6.07) is 10.8. The summed E-state index contributed by atoms with van der Waals surface area (Å²) in [6.45, 7) is -0.278. The zero-order valence-corrected chi connectivity index (χ0v) is 10.6. The van der Waals surface area contributed by atoms with E-state index in [1.54, 1.807) is 24.5 Å². The van der Waals surface area contributed by atoms with E-state index in [1.807, 2.05) is 24.3 Å². The smallest absolute Gasteiger partial charge is 0.355 e. The number of ether oxygens (including phenoxy) is 1. The van der Waals surface area contributed by atoms with Gasteiger partial charge in [0.15, 0.2) is 6.61 Å². The summed E-state index contributed by atoms with van der Waals surface area (Å²) in [6.07, 6.45) is 3.26. The van der Waals surface area contributed by atoms with Gasteiger partial charge in [-0.2, -0.15) is 0 Å². The molecule has 0 atom stereocenters. The molecule has 0 spiro atoms. The molecule has 0 bridgehead atoms. The molecule has 5 heteroatoms. The van der Waals surface area contributed by atoms with E-state index < -0.39 is 5.97 Å².